The van der Waals surface area contributed by atoms with E-state index in [9.17, 15) is 0 Å². The molecule has 0 aromatic carbocycles. The Morgan fingerprint density at radius 2 is 2.00 bits per heavy atom. The molecule has 1 N–H and O–H groups in total. The molecular weight excluding hydrogens is 248 g/mol. The predicted octanol–water partition coefficient (Wildman–Crippen LogP) is 2.63. The fourth-order valence-electron chi connectivity index (χ4n) is 2.71. The summed E-state index contributed by atoms with van der Waals surface area (Å²) in [5.74, 6) is 0. The van der Waals surface area contributed by atoms with Gasteiger partial charge in [-0.05, 0) is 57.4 Å². The van der Waals surface area contributed by atoms with Crippen LogP contribution in [0.15, 0.2) is 18.5 Å². The lowest BCUT2D eigenvalue weighted by molar-refractivity contribution is 0.545. The van der Waals surface area contributed by atoms with Crippen LogP contribution in [-0.4, -0.2) is 21.8 Å². The number of aryl methyl sites for hydroxylation is 3. The zero-order chi connectivity index (χ0) is 14.7. The van der Waals surface area contributed by atoms with Gasteiger partial charge in [-0.25, -0.2) is 0 Å². The quantitative estimate of drug-likeness (QED) is 0.910. The SMILES string of the molecule is CNC(CCc1c(C)nn(C)c1C)c1cncc(C)c1. The number of nitrogens with zero attached hydrogens (tertiary/aromatic N) is 3. The molecule has 108 valence electrons. The van der Waals surface area contributed by atoms with Crippen LogP contribution in [0.3, 0.4) is 0 Å². The Kier molecular flexibility index (Phi) is 4.55. The van der Waals surface area contributed by atoms with Gasteiger partial charge in [-0.15, -0.1) is 0 Å². The zero-order valence-corrected chi connectivity index (χ0v) is 13.1. The highest BCUT2D eigenvalue weighted by molar-refractivity contribution is 5.26. The van der Waals surface area contributed by atoms with Crippen LogP contribution in [0.1, 0.15) is 40.5 Å². The van der Waals surface area contributed by atoms with Crippen LogP contribution < -0.4 is 5.32 Å². The molecule has 20 heavy (non-hydrogen) atoms. The van der Waals surface area contributed by atoms with Crippen molar-refractivity contribution in [3.8, 4) is 0 Å². The second-order valence-corrected chi connectivity index (χ2v) is 5.45. The fourth-order valence-corrected chi connectivity index (χ4v) is 2.71. The van der Waals surface area contributed by atoms with Crippen LogP contribution in [0.2, 0.25) is 0 Å². The highest BCUT2D eigenvalue weighted by Crippen LogP contribution is 2.21. The Labute approximate surface area is 121 Å². The number of aromatic nitrogens is 3. The van der Waals surface area contributed by atoms with Gasteiger partial charge in [0.1, 0.15) is 0 Å². The van der Waals surface area contributed by atoms with Crippen LogP contribution in [0.4, 0.5) is 0 Å². The number of rotatable bonds is 5. The smallest absolute Gasteiger partial charge is 0.0628 e. The Bertz CT molecular complexity index is 586. The van der Waals surface area contributed by atoms with Crippen LogP contribution >= 0.6 is 0 Å². The summed E-state index contributed by atoms with van der Waals surface area (Å²) in [6.07, 6.45) is 5.93. The molecule has 0 fully saturated rings. The highest BCUT2D eigenvalue weighted by atomic mass is 15.3. The molecule has 0 saturated heterocycles. The molecular formula is C16H24N4. The Morgan fingerprint density at radius 1 is 1.25 bits per heavy atom. The molecule has 1 atom stereocenters. The molecule has 0 aliphatic rings. The predicted molar refractivity (Wildman–Crippen MR) is 81.8 cm³/mol. The van der Waals surface area contributed by atoms with E-state index < -0.39 is 0 Å². The molecule has 0 aliphatic carbocycles. The zero-order valence-electron chi connectivity index (χ0n) is 13.1. The van der Waals surface area contributed by atoms with Crippen molar-refractivity contribution in [1.82, 2.24) is 20.1 Å². The summed E-state index contributed by atoms with van der Waals surface area (Å²) in [7, 11) is 4.02. The molecule has 2 heterocycles. The van der Waals surface area contributed by atoms with E-state index in [0.717, 1.165) is 18.5 Å². The summed E-state index contributed by atoms with van der Waals surface area (Å²) in [5.41, 5.74) is 6.23. The number of hydrogen-bond acceptors (Lipinski definition) is 3. The Morgan fingerprint density at radius 3 is 2.55 bits per heavy atom. The second kappa shape index (κ2) is 6.18. The third kappa shape index (κ3) is 3.07. The van der Waals surface area contributed by atoms with Gasteiger partial charge in [-0.2, -0.15) is 5.10 Å². The lowest BCUT2D eigenvalue weighted by Gasteiger charge is -2.17. The van der Waals surface area contributed by atoms with E-state index in [-0.39, 0.29) is 0 Å². The van der Waals surface area contributed by atoms with Crippen molar-refractivity contribution >= 4 is 0 Å². The first-order valence-electron chi connectivity index (χ1n) is 7.10. The number of hydrogen-bond donors (Lipinski definition) is 1. The van der Waals surface area contributed by atoms with Crippen molar-refractivity contribution in [2.45, 2.75) is 39.7 Å². The standard InChI is InChI=1S/C16H24N4/c1-11-8-14(10-18-9-11)16(17-4)7-6-15-12(2)19-20(5)13(15)3/h8-10,16-17H,6-7H2,1-5H3. The summed E-state index contributed by atoms with van der Waals surface area (Å²) < 4.78 is 1.97. The van der Waals surface area contributed by atoms with E-state index in [1.807, 2.05) is 31.2 Å². The average molecular weight is 272 g/mol. The molecule has 0 radical (unpaired) electrons. The third-order valence-corrected chi connectivity index (χ3v) is 3.99. The first-order valence-corrected chi connectivity index (χ1v) is 7.10. The van der Waals surface area contributed by atoms with Crippen molar-refractivity contribution in [3.05, 3.63) is 46.5 Å². The lowest BCUT2D eigenvalue weighted by atomic mass is 9.98. The minimum atomic E-state index is 0.335. The first kappa shape index (κ1) is 14.7. The van der Waals surface area contributed by atoms with Crippen LogP contribution in [0, 0.1) is 20.8 Å². The summed E-state index contributed by atoms with van der Waals surface area (Å²) >= 11 is 0. The molecule has 0 aliphatic heterocycles. The highest BCUT2D eigenvalue weighted by Gasteiger charge is 2.14. The van der Waals surface area contributed by atoms with Gasteiger partial charge >= 0.3 is 0 Å². The van der Waals surface area contributed by atoms with Gasteiger partial charge in [0, 0.05) is 31.2 Å². The van der Waals surface area contributed by atoms with Gasteiger partial charge in [0.2, 0.25) is 0 Å². The van der Waals surface area contributed by atoms with Crippen molar-refractivity contribution in [1.29, 1.82) is 0 Å². The van der Waals surface area contributed by atoms with E-state index in [1.54, 1.807) is 0 Å². The number of nitrogens with one attached hydrogen (secondary N) is 1. The average Bonchev–Trinajstić information content (AvgIpc) is 2.65. The molecule has 2 aromatic heterocycles. The summed E-state index contributed by atoms with van der Waals surface area (Å²) in [5, 5.41) is 7.88. The van der Waals surface area contributed by atoms with Gasteiger partial charge < -0.3 is 5.32 Å². The summed E-state index contributed by atoms with van der Waals surface area (Å²) in [6.45, 7) is 6.31. The molecule has 1 unspecified atom stereocenters. The molecule has 0 amide bonds. The van der Waals surface area contributed by atoms with Gasteiger partial charge in [0.15, 0.2) is 0 Å². The van der Waals surface area contributed by atoms with E-state index in [0.29, 0.717) is 6.04 Å². The van der Waals surface area contributed by atoms with Gasteiger partial charge in [0.25, 0.3) is 0 Å². The Balaban J connectivity index is 2.11. The minimum absolute atomic E-state index is 0.335. The van der Waals surface area contributed by atoms with E-state index >= 15 is 0 Å². The monoisotopic (exact) mass is 272 g/mol. The van der Waals surface area contributed by atoms with E-state index in [1.165, 1.54) is 22.4 Å². The van der Waals surface area contributed by atoms with Crippen LogP contribution in [0.25, 0.3) is 0 Å². The fraction of sp³-hybridized carbons (Fsp3) is 0.500. The maximum Gasteiger partial charge on any atom is 0.0628 e. The Hall–Kier alpha value is -1.68. The van der Waals surface area contributed by atoms with Gasteiger partial charge in [-0.3, -0.25) is 9.67 Å². The van der Waals surface area contributed by atoms with Crippen molar-refractivity contribution < 1.29 is 0 Å². The molecule has 0 saturated carbocycles. The van der Waals surface area contributed by atoms with Crippen molar-refractivity contribution in [2.24, 2.45) is 7.05 Å². The molecule has 0 spiro atoms. The molecule has 4 nitrogen and oxygen atoms in total. The normalized spacial score (nSPS) is 12.7. The molecule has 0 bridgehead atoms. The lowest BCUT2D eigenvalue weighted by Crippen LogP contribution is -2.17. The topological polar surface area (TPSA) is 42.7 Å². The number of pyridine rings is 1. The van der Waals surface area contributed by atoms with E-state index in [2.05, 4.69) is 42.2 Å². The maximum atomic E-state index is 4.49. The van der Waals surface area contributed by atoms with Crippen LogP contribution in [0.5, 0.6) is 0 Å². The van der Waals surface area contributed by atoms with Crippen molar-refractivity contribution in [3.63, 3.8) is 0 Å². The maximum absolute atomic E-state index is 4.49. The van der Waals surface area contributed by atoms with Gasteiger partial charge in [0.05, 0.1) is 5.69 Å². The second-order valence-electron chi connectivity index (χ2n) is 5.45. The molecule has 2 aromatic rings. The molecule has 4 heteroatoms. The summed E-state index contributed by atoms with van der Waals surface area (Å²) in [6, 6.07) is 2.54. The minimum Gasteiger partial charge on any atom is -0.313 e. The van der Waals surface area contributed by atoms with E-state index in [4.69, 9.17) is 0 Å². The summed E-state index contributed by atoms with van der Waals surface area (Å²) in [4.78, 5) is 4.29. The molecule has 2 rings (SSSR count). The van der Waals surface area contributed by atoms with Gasteiger partial charge in [-0.1, -0.05) is 6.07 Å². The van der Waals surface area contributed by atoms with Crippen LogP contribution in [-0.2, 0) is 13.5 Å². The van der Waals surface area contributed by atoms with Crippen molar-refractivity contribution in [2.75, 3.05) is 7.05 Å². The largest absolute Gasteiger partial charge is 0.313 e. The third-order valence-electron chi connectivity index (χ3n) is 3.99. The first-order chi connectivity index (χ1) is 9.52.